The zero-order valence-electron chi connectivity index (χ0n) is 16.1. The highest BCUT2D eigenvalue weighted by molar-refractivity contribution is 5.79. The van der Waals surface area contributed by atoms with Crippen LogP contribution in [0.25, 0.3) is 0 Å². The van der Waals surface area contributed by atoms with Crippen molar-refractivity contribution in [1.29, 1.82) is 0 Å². The number of rotatable bonds is 9. The number of carbonyl (C=O) groups is 1. The number of methoxy groups -OCH3 is 4. The van der Waals surface area contributed by atoms with Gasteiger partial charge in [0.15, 0.2) is 11.5 Å². The predicted octanol–water partition coefficient (Wildman–Crippen LogP) is 1.39. The van der Waals surface area contributed by atoms with Crippen molar-refractivity contribution in [2.24, 2.45) is 5.41 Å². The van der Waals surface area contributed by atoms with E-state index in [0.717, 1.165) is 31.5 Å². The summed E-state index contributed by atoms with van der Waals surface area (Å²) < 4.78 is 21.4. The monoisotopic (exact) mass is 366 g/mol. The zero-order valence-corrected chi connectivity index (χ0v) is 16.1. The third-order valence-electron chi connectivity index (χ3n) is 4.86. The number of carbonyl (C=O) groups excluding carboxylic acids is 1. The molecule has 0 unspecified atom stereocenters. The van der Waals surface area contributed by atoms with E-state index in [1.165, 1.54) is 0 Å². The third-order valence-corrected chi connectivity index (χ3v) is 4.86. The molecule has 1 fully saturated rings. The molecule has 2 N–H and O–H groups in total. The van der Waals surface area contributed by atoms with E-state index >= 15 is 0 Å². The molecule has 146 valence electrons. The van der Waals surface area contributed by atoms with Crippen molar-refractivity contribution in [2.75, 3.05) is 54.7 Å². The Bertz CT molecular complexity index is 569. The average molecular weight is 366 g/mol. The van der Waals surface area contributed by atoms with Gasteiger partial charge in [-0.3, -0.25) is 4.79 Å². The van der Waals surface area contributed by atoms with Crippen molar-refractivity contribution < 1.29 is 23.7 Å². The summed E-state index contributed by atoms with van der Waals surface area (Å²) in [5.41, 5.74) is 0.813. The van der Waals surface area contributed by atoms with Gasteiger partial charge in [-0.15, -0.1) is 0 Å². The van der Waals surface area contributed by atoms with Gasteiger partial charge in [-0.2, -0.15) is 0 Å². The molecule has 1 aliphatic heterocycles. The normalized spacial score (nSPS) is 16.0. The minimum absolute atomic E-state index is 0.00491. The van der Waals surface area contributed by atoms with Crippen molar-refractivity contribution >= 4 is 5.91 Å². The fourth-order valence-corrected chi connectivity index (χ4v) is 3.41. The van der Waals surface area contributed by atoms with Crippen molar-refractivity contribution in [3.63, 3.8) is 0 Å². The molecule has 2 rings (SSSR count). The molecule has 0 spiro atoms. The summed E-state index contributed by atoms with van der Waals surface area (Å²) in [6, 6.07) is 3.60. The molecule has 26 heavy (non-hydrogen) atoms. The van der Waals surface area contributed by atoms with Crippen LogP contribution in [0.1, 0.15) is 18.4 Å². The first kappa shape index (κ1) is 20.3. The minimum atomic E-state index is -0.0340. The van der Waals surface area contributed by atoms with Crippen molar-refractivity contribution in [2.45, 2.75) is 19.3 Å². The van der Waals surface area contributed by atoms with E-state index in [4.69, 9.17) is 18.9 Å². The fraction of sp³-hybridized carbons (Fsp3) is 0.632. The molecule has 0 radical (unpaired) electrons. The number of piperidine rings is 1. The van der Waals surface area contributed by atoms with E-state index in [1.807, 2.05) is 0 Å². The number of ether oxygens (including phenoxy) is 4. The van der Waals surface area contributed by atoms with Gasteiger partial charge in [-0.05, 0) is 43.6 Å². The molecule has 0 aromatic heterocycles. The number of benzene rings is 1. The van der Waals surface area contributed by atoms with Gasteiger partial charge in [-0.1, -0.05) is 0 Å². The minimum Gasteiger partial charge on any atom is -0.493 e. The molecule has 0 bridgehead atoms. The van der Waals surface area contributed by atoms with Crippen LogP contribution < -0.4 is 24.8 Å². The van der Waals surface area contributed by atoms with E-state index in [1.54, 1.807) is 40.6 Å². The molecule has 0 aliphatic carbocycles. The van der Waals surface area contributed by atoms with Crippen molar-refractivity contribution in [3.05, 3.63) is 17.7 Å². The molecule has 0 atom stereocenters. The van der Waals surface area contributed by atoms with Gasteiger partial charge in [-0.25, -0.2) is 0 Å². The van der Waals surface area contributed by atoms with Crippen LogP contribution in [0, 0.1) is 5.41 Å². The number of nitrogens with one attached hydrogen (secondary N) is 2. The summed E-state index contributed by atoms with van der Waals surface area (Å²) in [7, 11) is 6.39. The van der Waals surface area contributed by atoms with Gasteiger partial charge >= 0.3 is 0 Å². The highest BCUT2D eigenvalue weighted by Crippen LogP contribution is 2.38. The molecule has 7 heteroatoms. The van der Waals surface area contributed by atoms with Gasteiger partial charge < -0.3 is 29.6 Å². The average Bonchev–Trinajstić information content (AvgIpc) is 2.66. The highest BCUT2D eigenvalue weighted by atomic mass is 16.5. The van der Waals surface area contributed by atoms with Gasteiger partial charge in [0, 0.05) is 19.1 Å². The summed E-state index contributed by atoms with van der Waals surface area (Å²) in [4.78, 5) is 12.5. The second-order valence-corrected chi connectivity index (χ2v) is 6.67. The Hall–Kier alpha value is -1.99. The first-order chi connectivity index (χ1) is 12.6. The highest BCUT2D eigenvalue weighted by Gasteiger charge is 2.32. The van der Waals surface area contributed by atoms with Crippen LogP contribution in [0.5, 0.6) is 17.2 Å². The van der Waals surface area contributed by atoms with Crippen LogP contribution in [0.3, 0.4) is 0 Å². The molecule has 1 saturated heterocycles. The molecular weight excluding hydrogens is 336 g/mol. The summed E-state index contributed by atoms with van der Waals surface area (Å²) in [6.07, 6.45) is 2.23. The summed E-state index contributed by atoms with van der Waals surface area (Å²) in [5.74, 6) is 1.58. The van der Waals surface area contributed by atoms with Crippen LogP contribution >= 0.6 is 0 Å². The number of hydrogen-bond acceptors (Lipinski definition) is 6. The maximum Gasteiger partial charge on any atom is 0.224 e. The van der Waals surface area contributed by atoms with Crippen molar-refractivity contribution in [3.8, 4) is 17.2 Å². The summed E-state index contributed by atoms with van der Waals surface area (Å²) >= 11 is 0. The Balaban J connectivity index is 2.02. The molecule has 7 nitrogen and oxygen atoms in total. The molecule has 1 aliphatic rings. The van der Waals surface area contributed by atoms with E-state index in [9.17, 15) is 4.79 Å². The molecular formula is C19H30N2O5. The summed E-state index contributed by atoms with van der Waals surface area (Å²) in [6.45, 7) is 3.17. The SMILES string of the molecule is COCC1(CNC(=O)Cc2cc(OC)c(OC)c(OC)c2)CCNCC1. The molecule has 1 aromatic carbocycles. The van der Waals surface area contributed by atoms with Gasteiger partial charge in [0.25, 0.3) is 0 Å². The standard InChI is InChI=1S/C19H30N2O5/c1-23-13-19(5-7-20-8-6-19)12-21-17(22)11-14-9-15(24-2)18(26-4)16(10-14)25-3/h9-10,20H,5-8,11-13H2,1-4H3,(H,21,22). The van der Waals surface area contributed by atoms with E-state index < -0.39 is 0 Å². The lowest BCUT2D eigenvalue weighted by atomic mass is 9.79. The van der Waals surface area contributed by atoms with Crippen LogP contribution in [0.2, 0.25) is 0 Å². The fourth-order valence-electron chi connectivity index (χ4n) is 3.41. The quantitative estimate of drug-likeness (QED) is 0.688. The van der Waals surface area contributed by atoms with E-state index in [0.29, 0.717) is 30.4 Å². The molecule has 0 saturated carbocycles. The largest absolute Gasteiger partial charge is 0.493 e. The Labute approximate surface area is 155 Å². The van der Waals surface area contributed by atoms with E-state index in [2.05, 4.69) is 10.6 Å². The Morgan fingerprint density at radius 3 is 2.19 bits per heavy atom. The van der Waals surface area contributed by atoms with Crippen LogP contribution in [-0.4, -0.2) is 60.6 Å². The maximum atomic E-state index is 12.5. The molecule has 1 heterocycles. The summed E-state index contributed by atoms with van der Waals surface area (Å²) in [5, 5.41) is 6.42. The lowest BCUT2D eigenvalue weighted by Gasteiger charge is -2.37. The smallest absolute Gasteiger partial charge is 0.224 e. The second kappa shape index (κ2) is 9.64. The van der Waals surface area contributed by atoms with Gasteiger partial charge in [0.2, 0.25) is 11.7 Å². The van der Waals surface area contributed by atoms with Gasteiger partial charge in [0.1, 0.15) is 0 Å². The first-order valence-electron chi connectivity index (χ1n) is 8.82. The Kier molecular flexibility index (Phi) is 7.53. The van der Waals surface area contributed by atoms with Crippen molar-refractivity contribution in [1.82, 2.24) is 10.6 Å². The maximum absolute atomic E-state index is 12.5. The lowest BCUT2D eigenvalue weighted by molar-refractivity contribution is -0.121. The van der Waals surface area contributed by atoms with E-state index in [-0.39, 0.29) is 17.7 Å². The first-order valence-corrected chi connectivity index (χ1v) is 8.82. The third kappa shape index (κ3) is 5.02. The second-order valence-electron chi connectivity index (χ2n) is 6.67. The molecule has 1 amide bonds. The molecule has 1 aromatic rings. The van der Waals surface area contributed by atoms with Gasteiger partial charge in [0.05, 0.1) is 34.4 Å². The Morgan fingerprint density at radius 2 is 1.69 bits per heavy atom. The lowest BCUT2D eigenvalue weighted by Crippen LogP contribution is -2.47. The van der Waals surface area contributed by atoms with Crippen LogP contribution in [0.15, 0.2) is 12.1 Å². The topological polar surface area (TPSA) is 78.1 Å². The predicted molar refractivity (Wildman–Crippen MR) is 99.2 cm³/mol. The zero-order chi connectivity index (χ0) is 19.0. The number of amides is 1. The number of hydrogen-bond donors (Lipinski definition) is 2. The van der Waals surface area contributed by atoms with Crippen LogP contribution in [0.4, 0.5) is 0 Å². The Morgan fingerprint density at radius 1 is 1.08 bits per heavy atom. The van der Waals surface area contributed by atoms with Crippen LogP contribution in [-0.2, 0) is 16.0 Å².